The Morgan fingerprint density at radius 3 is 2.55 bits per heavy atom. The Hall–Kier alpha value is -1.53. The molecule has 1 aliphatic rings. The molecule has 5 nitrogen and oxygen atoms in total. The Morgan fingerprint density at radius 1 is 1.40 bits per heavy atom. The van der Waals surface area contributed by atoms with Gasteiger partial charge in [0, 0.05) is 5.87 Å². The second-order valence-corrected chi connectivity index (χ2v) is 7.39. The van der Waals surface area contributed by atoms with Gasteiger partial charge in [-0.05, 0) is 26.3 Å². The molecule has 0 aromatic heterocycles. The van der Waals surface area contributed by atoms with Crippen molar-refractivity contribution in [3.63, 3.8) is 0 Å². The van der Waals surface area contributed by atoms with Crippen LogP contribution in [-0.2, 0) is 18.9 Å². The van der Waals surface area contributed by atoms with E-state index in [1.54, 1.807) is 20.8 Å². The van der Waals surface area contributed by atoms with Gasteiger partial charge in [-0.1, -0.05) is 30.3 Å². The molecule has 0 bridgehead atoms. The van der Waals surface area contributed by atoms with Crippen molar-refractivity contribution in [2.24, 2.45) is 0 Å². The molecule has 1 amide bonds. The van der Waals surface area contributed by atoms with Crippen LogP contribution in [-0.4, -0.2) is 32.7 Å². The van der Waals surface area contributed by atoms with E-state index in [0.29, 0.717) is 0 Å². The van der Waals surface area contributed by atoms with E-state index in [0.717, 1.165) is 9.87 Å². The molecule has 0 radical (unpaired) electrons. The smallest absolute Gasteiger partial charge is 0.424 e. The van der Waals surface area contributed by atoms with Gasteiger partial charge in [0.1, 0.15) is 11.6 Å². The number of hydrogen-bond donors (Lipinski definition) is 0. The van der Waals surface area contributed by atoms with Gasteiger partial charge in [-0.2, -0.15) is 0 Å². The van der Waals surface area contributed by atoms with Gasteiger partial charge in [0.05, 0.1) is 6.61 Å². The van der Waals surface area contributed by atoms with Crippen LogP contribution in [0.1, 0.15) is 32.4 Å². The summed E-state index contributed by atoms with van der Waals surface area (Å²) in [4.78, 5) is 12.3. The first kappa shape index (κ1) is 14.9. The number of benzene rings is 1. The summed E-state index contributed by atoms with van der Waals surface area (Å²) in [5.41, 5.74) is 0.170. The Balaban J connectivity index is 2.32. The van der Waals surface area contributed by atoms with Crippen LogP contribution in [0.2, 0.25) is 0 Å². The number of amides is 1. The maximum absolute atomic E-state index is 12.3. The number of carbonyl (C=O) groups excluding carboxylic acids is 1. The first-order valence-corrected chi connectivity index (χ1v) is 7.90. The molecule has 1 aromatic carbocycles. The third-order valence-corrected chi connectivity index (χ3v) is 4.26. The fourth-order valence-corrected chi connectivity index (χ4v) is 3.23. The summed E-state index contributed by atoms with van der Waals surface area (Å²) in [5.74, 6) is 3.51. The van der Waals surface area contributed by atoms with E-state index in [4.69, 9.17) is 8.92 Å². The van der Waals surface area contributed by atoms with Crippen LogP contribution in [0.15, 0.2) is 30.3 Å². The van der Waals surface area contributed by atoms with Crippen molar-refractivity contribution in [2.45, 2.75) is 32.4 Å². The molecule has 0 aliphatic carbocycles. The minimum absolute atomic E-state index is 0.144. The van der Waals surface area contributed by atoms with E-state index in [2.05, 4.69) is 5.87 Å². The van der Waals surface area contributed by atoms with Crippen molar-refractivity contribution in [1.29, 1.82) is 0 Å². The zero-order valence-electron chi connectivity index (χ0n) is 11.9. The van der Waals surface area contributed by atoms with Crippen LogP contribution >= 0.6 is 0 Å². The highest BCUT2D eigenvalue weighted by Gasteiger charge is 2.41. The summed E-state index contributed by atoms with van der Waals surface area (Å²) >= 11 is 0. The van der Waals surface area contributed by atoms with Crippen LogP contribution in [0, 0.1) is 0 Å². The zero-order valence-corrected chi connectivity index (χ0v) is 12.7. The van der Waals surface area contributed by atoms with E-state index in [-0.39, 0.29) is 6.61 Å². The molecule has 0 saturated carbocycles. The van der Waals surface area contributed by atoms with Crippen LogP contribution in [0.25, 0.3) is 0 Å². The van der Waals surface area contributed by atoms with Crippen LogP contribution < -0.4 is 0 Å². The molecule has 1 aromatic rings. The minimum Gasteiger partial charge on any atom is -0.443 e. The molecule has 6 heteroatoms. The van der Waals surface area contributed by atoms with E-state index in [9.17, 15) is 9.00 Å². The predicted molar refractivity (Wildman–Crippen MR) is 78.5 cm³/mol. The van der Waals surface area contributed by atoms with Crippen molar-refractivity contribution in [3.05, 3.63) is 35.9 Å². The lowest BCUT2D eigenvalue weighted by Gasteiger charge is -2.27. The van der Waals surface area contributed by atoms with E-state index in [1.807, 2.05) is 30.3 Å². The quantitative estimate of drug-likeness (QED) is 0.748. The molecule has 2 atom stereocenters. The van der Waals surface area contributed by atoms with Crippen molar-refractivity contribution in [3.8, 4) is 0 Å². The average Bonchev–Trinajstić information content (AvgIpc) is 2.64. The van der Waals surface area contributed by atoms with Gasteiger partial charge in [-0.3, -0.25) is 4.18 Å². The van der Waals surface area contributed by atoms with E-state index in [1.165, 1.54) is 0 Å². The highest BCUT2D eigenvalue weighted by atomic mass is 32.2. The van der Waals surface area contributed by atoms with Crippen LogP contribution in [0.4, 0.5) is 4.79 Å². The zero-order chi connectivity index (χ0) is 15.0. The van der Waals surface area contributed by atoms with Crippen LogP contribution in [0.3, 0.4) is 0 Å². The van der Waals surface area contributed by atoms with E-state index < -0.39 is 27.7 Å². The second kappa shape index (κ2) is 5.10. The maximum atomic E-state index is 12.3. The van der Waals surface area contributed by atoms with E-state index >= 15 is 0 Å². The monoisotopic (exact) mass is 297 g/mol. The predicted octanol–water partition coefficient (Wildman–Crippen LogP) is 2.54. The van der Waals surface area contributed by atoms with Crippen molar-refractivity contribution in [2.75, 3.05) is 6.61 Å². The van der Waals surface area contributed by atoms with Crippen LogP contribution in [0.5, 0.6) is 0 Å². The molecular weight excluding hydrogens is 278 g/mol. The van der Waals surface area contributed by atoms with Crippen molar-refractivity contribution >= 4 is 22.0 Å². The Morgan fingerprint density at radius 2 is 2.00 bits per heavy atom. The largest absolute Gasteiger partial charge is 0.443 e. The molecule has 0 N–H and O–H groups in total. The van der Waals surface area contributed by atoms with Gasteiger partial charge < -0.3 is 4.74 Å². The number of hydrogen-bond acceptors (Lipinski definition) is 4. The SMILES string of the molecule is C=S1(=O)OC[C@@H](c2ccccc2)N1C(=O)OC(C)(C)C. The lowest BCUT2D eigenvalue weighted by Crippen LogP contribution is -2.39. The molecule has 1 heterocycles. The molecule has 0 spiro atoms. The fourth-order valence-electron chi connectivity index (χ4n) is 1.94. The first-order chi connectivity index (χ1) is 9.21. The van der Waals surface area contributed by atoms with Gasteiger partial charge in [0.2, 0.25) is 0 Å². The van der Waals surface area contributed by atoms with Gasteiger partial charge in [0.25, 0.3) is 0 Å². The summed E-state index contributed by atoms with van der Waals surface area (Å²) in [5, 5.41) is 0. The fraction of sp³-hybridized carbons (Fsp3) is 0.429. The molecule has 20 heavy (non-hydrogen) atoms. The Labute approximate surface area is 119 Å². The average molecular weight is 297 g/mol. The Bertz CT molecular complexity index is 589. The summed E-state index contributed by atoms with van der Waals surface area (Å²) in [6.07, 6.45) is -0.677. The third-order valence-electron chi connectivity index (χ3n) is 2.75. The molecule has 1 aliphatic heterocycles. The lowest BCUT2D eigenvalue weighted by molar-refractivity contribution is 0.0361. The minimum atomic E-state index is -3.10. The number of rotatable bonds is 1. The van der Waals surface area contributed by atoms with Gasteiger partial charge in [0.15, 0.2) is 9.99 Å². The topological polar surface area (TPSA) is 55.8 Å². The number of carbonyl (C=O) groups is 1. The molecular formula is C14H19NO4S. The maximum Gasteiger partial charge on any atom is 0.424 e. The van der Waals surface area contributed by atoms with Gasteiger partial charge >= 0.3 is 6.09 Å². The molecule has 2 rings (SSSR count). The molecule has 1 unspecified atom stereocenters. The number of ether oxygens (including phenoxy) is 1. The first-order valence-electron chi connectivity index (χ1n) is 6.30. The van der Waals surface area contributed by atoms with Crippen molar-refractivity contribution < 1.29 is 17.9 Å². The molecule has 1 fully saturated rings. The molecule has 110 valence electrons. The highest BCUT2D eigenvalue weighted by molar-refractivity contribution is 7.94. The summed E-state index contributed by atoms with van der Waals surface area (Å²) in [6.45, 7) is 5.41. The number of nitrogens with zero attached hydrogens (tertiary/aromatic N) is 1. The summed E-state index contributed by atoms with van der Waals surface area (Å²) in [6, 6.07) is 8.84. The van der Waals surface area contributed by atoms with Crippen molar-refractivity contribution in [1.82, 2.24) is 4.31 Å². The summed E-state index contributed by atoms with van der Waals surface area (Å²) in [7, 11) is -3.10. The lowest BCUT2D eigenvalue weighted by atomic mass is 10.1. The summed E-state index contributed by atoms with van der Waals surface area (Å²) < 4.78 is 23.9. The van der Waals surface area contributed by atoms with Gasteiger partial charge in [-0.15, -0.1) is 0 Å². The van der Waals surface area contributed by atoms with Gasteiger partial charge in [-0.25, -0.2) is 13.3 Å². The third kappa shape index (κ3) is 3.13. The highest BCUT2D eigenvalue weighted by Crippen LogP contribution is 2.32. The Kier molecular flexibility index (Phi) is 3.80. The standard InChI is InChI=1S/C14H19NO4S/c1-14(2,3)19-13(16)15-12(10-18-20(15,4)17)11-8-6-5-7-9-11/h5-9,12H,4,10H2,1-3H3/t12-,20?/m0/s1. The normalized spacial score (nSPS) is 26.6. The molecule has 1 saturated heterocycles. The second-order valence-electron chi connectivity index (χ2n) is 5.60.